The van der Waals surface area contributed by atoms with Gasteiger partial charge in [0.05, 0.1) is 0 Å². The van der Waals surface area contributed by atoms with Crippen LogP contribution in [-0.2, 0) is 16.1 Å². The molecule has 0 aromatic rings. The van der Waals surface area contributed by atoms with Gasteiger partial charge in [0, 0.05) is 13.2 Å². The van der Waals surface area contributed by atoms with Crippen molar-refractivity contribution in [3.05, 3.63) is 0 Å². The molecule has 0 spiro atoms. The summed E-state index contributed by atoms with van der Waals surface area (Å²) >= 11 is -2.61. The van der Waals surface area contributed by atoms with Crippen molar-refractivity contribution < 1.29 is 18.1 Å². The Hall–Kier alpha value is -0.0100. The van der Waals surface area contributed by atoms with E-state index in [2.05, 4.69) is 0 Å². The van der Waals surface area contributed by atoms with Crippen LogP contribution in [0.4, 0.5) is 0 Å². The molecule has 0 aliphatic heterocycles. The van der Waals surface area contributed by atoms with Crippen LogP contribution in [0.1, 0.15) is 13.8 Å². The first-order valence-electron chi connectivity index (χ1n) is 2.52. The van der Waals surface area contributed by atoms with Crippen LogP contribution >= 0.6 is 0 Å². The van der Waals surface area contributed by atoms with Crippen molar-refractivity contribution in [2.45, 2.75) is 13.8 Å². The van der Waals surface area contributed by atoms with E-state index in [1.165, 1.54) is 0 Å². The Bertz CT molecular complexity index is 64.3. The van der Waals surface area contributed by atoms with Gasteiger partial charge in [0.2, 0.25) is 0 Å². The summed E-state index contributed by atoms with van der Waals surface area (Å²) in [4.78, 5) is 0. The molecule has 0 aliphatic carbocycles. The molecule has 0 saturated heterocycles. The van der Waals surface area contributed by atoms with Crippen LogP contribution in [0.5, 0.6) is 0 Å². The lowest BCUT2D eigenvalue weighted by molar-refractivity contribution is 0.162. The number of ether oxygens (including phenoxy) is 1. The standard InChI is InChI=1S/C4H10O.H3N.H2O3S/c1-3-5-4-2;;1-4(2)3/h3-4H2,1-2H3;1H3;(H2,1,2,3). The van der Waals surface area contributed by atoms with E-state index in [4.69, 9.17) is 18.1 Å². The molecule has 0 atom stereocenters. The highest BCUT2D eigenvalue weighted by atomic mass is 32.2. The van der Waals surface area contributed by atoms with E-state index in [-0.39, 0.29) is 6.15 Å². The molecule has 5 nitrogen and oxygen atoms in total. The summed E-state index contributed by atoms with van der Waals surface area (Å²) in [7, 11) is 0. The van der Waals surface area contributed by atoms with Gasteiger partial charge in [-0.1, -0.05) is 0 Å². The Morgan fingerprint density at radius 3 is 1.50 bits per heavy atom. The van der Waals surface area contributed by atoms with E-state index in [1.807, 2.05) is 13.8 Å². The molecule has 0 aromatic carbocycles. The van der Waals surface area contributed by atoms with Crippen molar-refractivity contribution >= 4 is 11.4 Å². The van der Waals surface area contributed by atoms with Crippen LogP contribution in [-0.4, -0.2) is 26.5 Å². The summed E-state index contributed by atoms with van der Waals surface area (Å²) in [5.41, 5.74) is 0. The monoisotopic (exact) mass is 173 g/mol. The van der Waals surface area contributed by atoms with Crippen molar-refractivity contribution in [1.82, 2.24) is 6.15 Å². The third-order valence-electron chi connectivity index (χ3n) is 0.408. The van der Waals surface area contributed by atoms with E-state index in [1.54, 1.807) is 0 Å². The van der Waals surface area contributed by atoms with Crippen LogP contribution < -0.4 is 6.15 Å². The third-order valence-corrected chi connectivity index (χ3v) is 0.408. The molecular weight excluding hydrogens is 158 g/mol. The van der Waals surface area contributed by atoms with Gasteiger partial charge in [-0.3, -0.25) is 9.11 Å². The fourth-order valence-electron chi connectivity index (χ4n) is 0.204. The van der Waals surface area contributed by atoms with E-state index < -0.39 is 11.4 Å². The summed E-state index contributed by atoms with van der Waals surface area (Å²) < 4.78 is 27.7. The molecule has 0 unspecified atom stereocenters. The van der Waals surface area contributed by atoms with E-state index >= 15 is 0 Å². The molecule has 66 valence electrons. The minimum atomic E-state index is -2.61. The van der Waals surface area contributed by atoms with Gasteiger partial charge in [-0.25, -0.2) is 0 Å². The zero-order valence-electron chi connectivity index (χ0n) is 6.24. The van der Waals surface area contributed by atoms with Crippen LogP contribution in [0.15, 0.2) is 0 Å². The second-order valence-corrected chi connectivity index (χ2v) is 1.47. The van der Waals surface area contributed by atoms with E-state index in [0.29, 0.717) is 0 Å². The van der Waals surface area contributed by atoms with Gasteiger partial charge in [-0.2, -0.15) is 4.21 Å². The predicted molar refractivity (Wildman–Crippen MR) is 40.6 cm³/mol. The lowest BCUT2D eigenvalue weighted by Gasteiger charge is -1.86. The lowest BCUT2D eigenvalue weighted by atomic mass is 10.8. The summed E-state index contributed by atoms with van der Waals surface area (Å²) in [6.07, 6.45) is 0. The van der Waals surface area contributed by atoms with Crippen LogP contribution in [0.3, 0.4) is 0 Å². The molecule has 0 fully saturated rings. The van der Waals surface area contributed by atoms with E-state index in [9.17, 15) is 0 Å². The number of hydrogen-bond donors (Lipinski definition) is 3. The highest BCUT2D eigenvalue weighted by Gasteiger charge is 1.64. The predicted octanol–water partition coefficient (Wildman–Crippen LogP) is 0.886. The zero-order chi connectivity index (χ0) is 7.70. The maximum absolute atomic E-state index is 8.67. The Morgan fingerprint density at radius 1 is 1.30 bits per heavy atom. The summed E-state index contributed by atoms with van der Waals surface area (Å²) in [5.74, 6) is 0. The molecule has 0 saturated carbocycles. The molecular formula is C4H15NO4S. The van der Waals surface area contributed by atoms with Crippen molar-refractivity contribution in [3.63, 3.8) is 0 Å². The van der Waals surface area contributed by atoms with Gasteiger partial charge in [-0.15, -0.1) is 0 Å². The second-order valence-electron chi connectivity index (χ2n) is 1.01. The molecule has 5 N–H and O–H groups in total. The number of hydrogen-bond acceptors (Lipinski definition) is 3. The Kier molecular flexibility index (Phi) is 26.4. The van der Waals surface area contributed by atoms with Gasteiger partial charge >= 0.3 is 0 Å². The fraction of sp³-hybridized carbons (Fsp3) is 1.00. The van der Waals surface area contributed by atoms with Crippen molar-refractivity contribution in [2.24, 2.45) is 0 Å². The molecule has 0 aromatic heterocycles. The molecule has 0 rings (SSSR count). The van der Waals surface area contributed by atoms with Crippen molar-refractivity contribution in [2.75, 3.05) is 13.2 Å². The second kappa shape index (κ2) is 16.0. The summed E-state index contributed by atoms with van der Waals surface area (Å²) in [5, 5.41) is 0. The van der Waals surface area contributed by atoms with Gasteiger partial charge in [0.15, 0.2) is 0 Å². The Morgan fingerprint density at radius 2 is 1.50 bits per heavy atom. The zero-order valence-corrected chi connectivity index (χ0v) is 7.06. The number of rotatable bonds is 2. The van der Waals surface area contributed by atoms with Crippen LogP contribution in [0.25, 0.3) is 0 Å². The third kappa shape index (κ3) is 98.6. The Labute approximate surface area is 63.5 Å². The van der Waals surface area contributed by atoms with E-state index in [0.717, 1.165) is 13.2 Å². The SMILES string of the molecule is CCOCC.N.O=S(O)O. The molecule has 0 aliphatic rings. The molecule has 10 heavy (non-hydrogen) atoms. The first-order valence-corrected chi connectivity index (χ1v) is 3.59. The smallest absolute Gasteiger partial charge is 0.299 e. The van der Waals surface area contributed by atoms with Gasteiger partial charge < -0.3 is 10.9 Å². The summed E-state index contributed by atoms with van der Waals surface area (Å²) in [6, 6.07) is 0. The van der Waals surface area contributed by atoms with Gasteiger partial charge in [0.1, 0.15) is 0 Å². The lowest BCUT2D eigenvalue weighted by Crippen LogP contribution is -1.84. The molecule has 0 radical (unpaired) electrons. The molecule has 0 amide bonds. The first kappa shape index (κ1) is 16.5. The maximum atomic E-state index is 8.67. The van der Waals surface area contributed by atoms with Crippen LogP contribution in [0.2, 0.25) is 0 Å². The Balaban J connectivity index is -0.0000000910. The molecule has 0 bridgehead atoms. The average Bonchev–Trinajstić information content (AvgIpc) is 1.66. The van der Waals surface area contributed by atoms with Gasteiger partial charge in [0.25, 0.3) is 11.4 Å². The minimum absolute atomic E-state index is 0. The van der Waals surface area contributed by atoms with Crippen LogP contribution in [0, 0.1) is 0 Å². The maximum Gasteiger partial charge on any atom is 0.299 e. The fourth-order valence-corrected chi connectivity index (χ4v) is 0.204. The molecule has 0 heterocycles. The largest absolute Gasteiger partial charge is 0.382 e. The summed E-state index contributed by atoms with van der Waals surface area (Å²) in [6.45, 7) is 5.67. The average molecular weight is 173 g/mol. The highest BCUT2D eigenvalue weighted by molar-refractivity contribution is 7.73. The molecule has 6 heteroatoms. The quantitative estimate of drug-likeness (QED) is 0.538. The minimum Gasteiger partial charge on any atom is -0.382 e. The highest BCUT2D eigenvalue weighted by Crippen LogP contribution is 1.64. The first-order chi connectivity index (χ1) is 4.15. The van der Waals surface area contributed by atoms with Crippen molar-refractivity contribution in [3.8, 4) is 0 Å². The van der Waals surface area contributed by atoms with Crippen molar-refractivity contribution in [1.29, 1.82) is 0 Å². The topological polar surface area (TPSA) is 102 Å². The van der Waals surface area contributed by atoms with Gasteiger partial charge in [-0.05, 0) is 13.8 Å². The normalized spacial score (nSPS) is 7.70.